The molecule has 1 aliphatic rings. The highest BCUT2D eigenvalue weighted by Gasteiger charge is 2.27. The van der Waals surface area contributed by atoms with Gasteiger partial charge in [-0.15, -0.1) is 0 Å². The Morgan fingerprint density at radius 2 is 1.81 bits per heavy atom. The van der Waals surface area contributed by atoms with E-state index in [9.17, 15) is 4.79 Å². The summed E-state index contributed by atoms with van der Waals surface area (Å²) in [5, 5.41) is 9.08. The van der Waals surface area contributed by atoms with Gasteiger partial charge in [-0.3, -0.25) is 14.6 Å². The molecule has 1 saturated heterocycles. The number of carboxylic acid groups (broad SMARTS) is 1. The van der Waals surface area contributed by atoms with E-state index in [4.69, 9.17) is 9.84 Å². The van der Waals surface area contributed by atoms with Gasteiger partial charge in [-0.25, -0.2) is 0 Å². The Labute approximate surface area is 126 Å². The highest BCUT2D eigenvalue weighted by molar-refractivity contribution is 5.72. The average Bonchev–Trinajstić information content (AvgIpc) is 2.53. The molecule has 0 aromatic heterocycles. The summed E-state index contributed by atoms with van der Waals surface area (Å²) >= 11 is 0. The first kappa shape index (κ1) is 15.8. The molecule has 5 nitrogen and oxygen atoms in total. The van der Waals surface area contributed by atoms with Crippen molar-refractivity contribution >= 4 is 5.97 Å². The number of ether oxygens (including phenoxy) is 1. The molecule has 0 spiro atoms. The molecule has 116 valence electrons. The molecular weight excluding hydrogens is 268 g/mol. The monoisotopic (exact) mass is 292 g/mol. The number of carboxylic acids is 1. The van der Waals surface area contributed by atoms with Gasteiger partial charge in [0.2, 0.25) is 0 Å². The second-order valence-electron chi connectivity index (χ2n) is 5.54. The highest BCUT2D eigenvalue weighted by atomic mass is 16.5. The first-order chi connectivity index (χ1) is 10.0. The molecule has 2 atom stereocenters. The average molecular weight is 292 g/mol. The molecule has 21 heavy (non-hydrogen) atoms. The van der Waals surface area contributed by atoms with Crippen molar-refractivity contribution in [3.63, 3.8) is 0 Å². The number of methoxy groups -OCH3 is 1. The number of piperazine rings is 1. The smallest absolute Gasteiger partial charge is 0.320 e. The van der Waals surface area contributed by atoms with Crippen molar-refractivity contribution in [2.75, 3.05) is 33.3 Å². The molecule has 0 bridgehead atoms. The van der Waals surface area contributed by atoms with Crippen LogP contribution in [0.3, 0.4) is 0 Å². The van der Waals surface area contributed by atoms with Crippen molar-refractivity contribution in [2.45, 2.75) is 25.9 Å². The predicted octanol–water partition coefficient (Wildman–Crippen LogP) is 1.85. The predicted molar refractivity (Wildman–Crippen MR) is 81.7 cm³/mol. The molecular formula is C16H24N2O3. The van der Waals surface area contributed by atoms with Crippen molar-refractivity contribution in [3.05, 3.63) is 29.8 Å². The Kier molecular flexibility index (Phi) is 5.20. The van der Waals surface area contributed by atoms with Crippen molar-refractivity contribution < 1.29 is 14.6 Å². The third-order valence-electron chi connectivity index (χ3n) is 4.38. The summed E-state index contributed by atoms with van der Waals surface area (Å²) in [4.78, 5) is 15.5. The van der Waals surface area contributed by atoms with E-state index >= 15 is 0 Å². The minimum Gasteiger partial charge on any atom is -0.497 e. The van der Waals surface area contributed by atoms with Gasteiger partial charge in [-0.05, 0) is 31.5 Å². The Morgan fingerprint density at radius 3 is 2.38 bits per heavy atom. The molecule has 1 aliphatic heterocycles. The van der Waals surface area contributed by atoms with Gasteiger partial charge >= 0.3 is 5.97 Å². The zero-order valence-electron chi connectivity index (χ0n) is 13.0. The third kappa shape index (κ3) is 3.74. The molecule has 1 aromatic rings. The lowest BCUT2D eigenvalue weighted by molar-refractivity contribution is -0.143. The summed E-state index contributed by atoms with van der Waals surface area (Å²) in [7, 11) is 1.68. The van der Waals surface area contributed by atoms with Crippen LogP contribution in [0.25, 0.3) is 0 Å². The molecule has 0 aliphatic carbocycles. The van der Waals surface area contributed by atoms with Crippen LogP contribution in [0.4, 0.5) is 0 Å². The largest absolute Gasteiger partial charge is 0.497 e. The highest BCUT2D eigenvalue weighted by Crippen LogP contribution is 2.25. The number of rotatable bonds is 5. The minimum absolute atomic E-state index is 0.308. The first-order valence-electron chi connectivity index (χ1n) is 7.37. The summed E-state index contributed by atoms with van der Waals surface area (Å²) in [5.41, 5.74) is 1.23. The minimum atomic E-state index is -0.746. The summed E-state index contributed by atoms with van der Waals surface area (Å²) in [5.74, 6) is 0.127. The fourth-order valence-corrected chi connectivity index (χ4v) is 2.78. The normalized spacial score (nSPS) is 20.0. The Morgan fingerprint density at radius 1 is 1.19 bits per heavy atom. The maximum absolute atomic E-state index is 11.0. The lowest BCUT2D eigenvalue weighted by Gasteiger charge is -2.39. The number of carbonyl (C=O) groups is 1. The molecule has 1 aromatic carbocycles. The van der Waals surface area contributed by atoms with Crippen LogP contribution in [0.5, 0.6) is 5.75 Å². The molecule has 1 fully saturated rings. The Bertz CT molecular complexity index is 484. The Balaban J connectivity index is 1.96. The molecule has 1 N–H and O–H groups in total. The maximum Gasteiger partial charge on any atom is 0.320 e. The van der Waals surface area contributed by atoms with E-state index in [0.717, 1.165) is 31.9 Å². The van der Waals surface area contributed by atoms with Gasteiger partial charge in [0.05, 0.1) is 7.11 Å². The van der Waals surface area contributed by atoms with Crippen molar-refractivity contribution in [2.24, 2.45) is 0 Å². The van der Waals surface area contributed by atoms with E-state index in [1.807, 2.05) is 17.0 Å². The van der Waals surface area contributed by atoms with Crippen LogP contribution in [0.2, 0.25) is 0 Å². The topological polar surface area (TPSA) is 53.0 Å². The van der Waals surface area contributed by atoms with Gasteiger partial charge in [-0.2, -0.15) is 0 Å². The molecule has 0 saturated carbocycles. The number of hydrogen-bond donors (Lipinski definition) is 1. The van der Waals surface area contributed by atoms with E-state index in [0.29, 0.717) is 6.04 Å². The van der Waals surface area contributed by atoms with Crippen molar-refractivity contribution in [1.82, 2.24) is 9.80 Å². The van der Waals surface area contributed by atoms with Gasteiger partial charge in [0.25, 0.3) is 0 Å². The van der Waals surface area contributed by atoms with Gasteiger partial charge in [-0.1, -0.05) is 12.1 Å². The van der Waals surface area contributed by atoms with Crippen molar-refractivity contribution in [1.29, 1.82) is 0 Å². The van der Waals surface area contributed by atoms with Gasteiger partial charge in [0.1, 0.15) is 11.8 Å². The molecule has 0 unspecified atom stereocenters. The first-order valence-corrected chi connectivity index (χ1v) is 7.37. The van der Waals surface area contributed by atoms with E-state index in [1.165, 1.54) is 5.56 Å². The molecule has 5 heteroatoms. The molecule has 1 heterocycles. The second-order valence-corrected chi connectivity index (χ2v) is 5.54. The van der Waals surface area contributed by atoms with Crippen LogP contribution in [0.15, 0.2) is 24.3 Å². The van der Waals surface area contributed by atoms with E-state index < -0.39 is 12.0 Å². The number of benzene rings is 1. The standard InChI is InChI=1S/C16H24N2O3/c1-12(14-5-4-6-15(11-14)21-3)17-7-9-18(10-8-17)13(2)16(19)20/h4-6,11-13H,7-10H2,1-3H3,(H,19,20)/t12-,13-/m0/s1. The molecule has 0 amide bonds. The maximum atomic E-state index is 11.0. The number of hydrogen-bond acceptors (Lipinski definition) is 4. The van der Waals surface area contributed by atoms with Crippen molar-refractivity contribution in [3.8, 4) is 5.75 Å². The van der Waals surface area contributed by atoms with Crippen LogP contribution >= 0.6 is 0 Å². The summed E-state index contributed by atoms with van der Waals surface area (Å²) in [6, 6.07) is 8.04. The SMILES string of the molecule is COc1cccc([C@H](C)N2CCN([C@@H](C)C(=O)O)CC2)c1. The summed E-state index contributed by atoms with van der Waals surface area (Å²) in [6.07, 6.45) is 0. The number of nitrogens with zero attached hydrogens (tertiary/aromatic N) is 2. The van der Waals surface area contributed by atoms with Gasteiger partial charge in [0.15, 0.2) is 0 Å². The quantitative estimate of drug-likeness (QED) is 0.897. The third-order valence-corrected chi connectivity index (χ3v) is 4.38. The van der Waals surface area contributed by atoms with Crippen LogP contribution in [0.1, 0.15) is 25.5 Å². The Hall–Kier alpha value is -1.59. The second kappa shape index (κ2) is 6.91. The van der Waals surface area contributed by atoms with Crippen LogP contribution in [-0.2, 0) is 4.79 Å². The van der Waals surface area contributed by atoms with Crippen LogP contribution in [-0.4, -0.2) is 60.2 Å². The van der Waals surface area contributed by atoms with Gasteiger partial charge in [0, 0.05) is 32.2 Å². The summed E-state index contributed by atoms with van der Waals surface area (Å²) < 4.78 is 5.28. The lowest BCUT2D eigenvalue weighted by atomic mass is 10.1. The molecule has 2 rings (SSSR count). The van der Waals surface area contributed by atoms with E-state index in [-0.39, 0.29) is 0 Å². The lowest BCUT2D eigenvalue weighted by Crippen LogP contribution is -2.52. The fraction of sp³-hybridized carbons (Fsp3) is 0.562. The van der Waals surface area contributed by atoms with Gasteiger partial charge < -0.3 is 9.84 Å². The zero-order valence-corrected chi connectivity index (χ0v) is 13.0. The van der Waals surface area contributed by atoms with E-state index in [1.54, 1.807) is 14.0 Å². The van der Waals surface area contributed by atoms with Crippen LogP contribution < -0.4 is 4.74 Å². The van der Waals surface area contributed by atoms with Crippen LogP contribution in [0, 0.1) is 0 Å². The number of aliphatic carboxylic acids is 1. The fourth-order valence-electron chi connectivity index (χ4n) is 2.78. The van der Waals surface area contributed by atoms with E-state index in [2.05, 4.69) is 24.0 Å². The summed E-state index contributed by atoms with van der Waals surface area (Å²) in [6.45, 7) is 7.30. The molecule has 0 radical (unpaired) electrons. The zero-order chi connectivity index (χ0) is 15.4.